The van der Waals surface area contributed by atoms with Gasteiger partial charge in [-0.05, 0) is 93.3 Å². The predicted molar refractivity (Wildman–Crippen MR) is 212 cm³/mol. The minimum Gasteiger partial charge on any atom is -0.462 e. The van der Waals surface area contributed by atoms with Crippen LogP contribution in [0.2, 0.25) is 0 Å². The molecule has 0 radical (unpaired) electrons. The number of Topliss-reactive ketones (excluding diaryl/α,β-unsaturated/α-hetero) is 1. The molecule has 10 heteroatoms. The van der Waals surface area contributed by atoms with E-state index in [1.54, 1.807) is 19.1 Å². The monoisotopic (exact) mass is 740 g/mol. The normalized spacial score (nSPS) is 15.8. The van der Waals surface area contributed by atoms with Crippen LogP contribution in [0.3, 0.4) is 0 Å². The summed E-state index contributed by atoms with van der Waals surface area (Å²) >= 11 is 0. The Morgan fingerprint density at radius 1 is 0.887 bits per heavy atom. The number of likely N-dealkylation sites (tertiary alicyclic amines) is 1. The molecule has 2 N–H and O–H groups in total. The number of nitrogens with zero attached hydrogens (tertiary/aromatic N) is 3. The number of ether oxygens (including phenoxy) is 1. The number of benzene rings is 3. The third-order valence-electron chi connectivity index (χ3n) is 10.7. The van der Waals surface area contributed by atoms with Crippen molar-refractivity contribution in [3.8, 4) is 0 Å². The highest BCUT2D eigenvalue weighted by Gasteiger charge is 2.37. The number of nitro benzene ring substituents is 1. The van der Waals surface area contributed by atoms with Crippen LogP contribution in [-0.4, -0.2) is 58.8 Å². The summed E-state index contributed by atoms with van der Waals surface area (Å²) in [5.74, 6) is -0.708. The average Bonchev–Trinajstić information content (AvgIpc) is 3.18. The fourth-order valence-corrected chi connectivity index (χ4v) is 7.81. The van der Waals surface area contributed by atoms with Crippen molar-refractivity contribution < 1.29 is 19.2 Å². The summed E-state index contributed by atoms with van der Waals surface area (Å²) < 4.78 is 5.06. The van der Waals surface area contributed by atoms with Gasteiger partial charge in [-0.2, -0.15) is 0 Å². The Morgan fingerprint density at radius 3 is 2.15 bits per heavy atom. The molecule has 0 aliphatic carbocycles. The van der Waals surface area contributed by atoms with Gasteiger partial charge in [0.2, 0.25) is 0 Å². The second kappa shape index (κ2) is 20.1. The number of aromatic nitrogens is 1. The summed E-state index contributed by atoms with van der Waals surface area (Å²) in [7, 11) is 0. The molecule has 4 aromatic rings. The van der Waals surface area contributed by atoms with E-state index in [4.69, 9.17) is 10.5 Å². The standard InChI is InChI=1S/C43H52N4O5.ClH/c1-3-52-42(49)36-27-35(30-45-31-36)41(48)40(44)29-34(33-15-13-20-39(28-33)47(50)51)26-32(2)14-7-6-12-23-46-24-21-43(22-25-46,37-16-8-4-9-17-37)38-18-10-5-11-19-38;/h4-5,8-11,13,15-20,27-28,30-32,34,40H,3,6-7,12,14,21-26,29,44H2,1-2H3;1H. The molecule has 2 heterocycles. The Labute approximate surface area is 319 Å². The van der Waals surface area contributed by atoms with Gasteiger partial charge in [-0.3, -0.25) is 19.9 Å². The Kier molecular flexibility index (Phi) is 15.7. The Morgan fingerprint density at radius 2 is 1.53 bits per heavy atom. The molecule has 1 aliphatic rings. The lowest BCUT2D eigenvalue weighted by Crippen LogP contribution is -2.43. The molecule has 0 amide bonds. The average molecular weight is 741 g/mol. The van der Waals surface area contributed by atoms with E-state index in [2.05, 4.69) is 77.5 Å². The number of non-ortho nitro benzene ring substituents is 1. The SMILES string of the molecule is CCOC(=O)c1cncc(C(=O)C(N)CC(CC(C)CCCCCN2CCC(c3ccccc3)(c3ccccc3)CC2)c2cccc([N+](=O)[O-])c2)c1.Cl. The Bertz CT molecular complexity index is 1720. The minimum atomic E-state index is -0.872. The molecule has 1 aromatic heterocycles. The molecule has 5 rings (SSSR count). The summed E-state index contributed by atoms with van der Waals surface area (Å²) in [6.45, 7) is 7.38. The first-order chi connectivity index (χ1) is 25.2. The van der Waals surface area contributed by atoms with E-state index in [0.29, 0.717) is 12.3 Å². The number of hydrogen-bond donors (Lipinski definition) is 1. The molecule has 0 saturated carbocycles. The number of ketones is 1. The lowest BCUT2D eigenvalue weighted by Gasteiger charge is -2.43. The number of carbonyl (C=O) groups excluding carboxylic acids is 2. The van der Waals surface area contributed by atoms with Crippen molar-refractivity contribution >= 4 is 29.8 Å². The summed E-state index contributed by atoms with van der Waals surface area (Å²) in [6, 6.07) is 29.2. The van der Waals surface area contributed by atoms with Crippen LogP contribution >= 0.6 is 12.4 Å². The number of unbranched alkanes of at least 4 members (excludes halogenated alkanes) is 2. The number of nitro groups is 1. The van der Waals surface area contributed by atoms with Gasteiger partial charge < -0.3 is 15.4 Å². The van der Waals surface area contributed by atoms with E-state index in [1.807, 2.05) is 6.07 Å². The molecule has 3 unspecified atom stereocenters. The van der Waals surface area contributed by atoms with Crippen LogP contribution in [0.4, 0.5) is 5.69 Å². The highest BCUT2D eigenvalue weighted by Crippen LogP contribution is 2.41. The summed E-state index contributed by atoms with van der Waals surface area (Å²) in [4.78, 5) is 43.5. The van der Waals surface area contributed by atoms with Gasteiger partial charge in [0.05, 0.1) is 23.1 Å². The van der Waals surface area contributed by atoms with E-state index in [9.17, 15) is 19.7 Å². The molecular weight excluding hydrogens is 688 g/mol. The van der Waals surface area contributed by atoms with E-state index in [0.717, 1.165) is 70.1 Å². The fraction of sp³-hybridized carbons (Fsp3) is 0.419. The number of nitrogens with two attached hydrogens (primary N) is 1. The molecule has 3 aromatic carbocycles. The second-order valence-electron chi connectivity index (χ2n) is 14.3. The molecule has 1 aliphatic heterocycles. The van der Waals surface area contributed by atoms with Crippen molar-refractivity contribution in [2.75, 3.05) is 26.2 Å². The number of rotatable bonds is 18. The second-order valence-corrected chi connectivity index (χ2v) is 14.3. The van der Waals surface area contributed by atoms with Crippen molar-refractivity contribution in [1.82, 2.24) is 9.88 Å². The molecule has 1 fully saturated rings. The third-order valence-corrected chi connectivity index (χ3v) is 10.7. The smallest absolute Gasteiger partial charge is 0.339 e. The van der Waals surface area contributed by atoms with Crippen molar-refractivity contribution in [1.29, 1.82) is 0 Å². The van der Waals surface area contributed by atoms with Crippen LogP contribution < -0.4 is 5.73 Å². The van der Waals surface area contributed by atoms with E-state index >= 15 is 0 Å². The van der Waals surface area contributed by atoms with Crippen LogP contribution in [-0.2, 0) is 10.2 Å². The first kappa shape index (κ1) is 41.3. The molecular formula is C43H53ClN4O5. The molecule has 53 heavy (non-hydrogen) atoms. The van der Waals surface area contributed by atoms with Gasteiger partial charge in [-0.1, -0.05) is 99.0 Å². The zero-order valence-corrected chi connectivity index (χ0v) is 31.7. The molecule has 3 atom stereocenters. The van der Waals surface area contributed by atoms with Gasteiger partial charge >= 0.3 is 5.97 Å². The summed E-state index contributed by atoms with van der Waals surface area (Å²) in [5.41, 5.74) is 10.6. The first-order valence-corrected chi connectivity index (χ1v) is 18.7. The number of piperidine rings is 1. The summed E-state index contributed by atoms with van der Waals surface area (Å²) in [6.07, 6.45) is 10.4. The van der Waals surface area contributed by atoms with Crippen molar-refractivity contribution in [3.63, 3.8) is 0 Å². The minimum absolute atomic E-state index is 0. The number of halogens is 1. The van der Waals surface area contributed by atoms with Crippen LogP contribution in [0.5, 0.6) is 0 Å². The zero-order chi connectivity index (χ0) is 36.9. The van der Waals surface area contributed by atoms with Crippen molar-refractivity contribution in [2.45, 2.75) is 82.6 Å². The van der Waals surface area contributed by atoms with E-state index < -0.39 is 16.9 Å². The number of hydrogen-bond acceptors (Lipinski definition) is 8. The van der Waals surface area contributed by atoms with Gasteiger partial charge in [0.15, 0.2) is 5.78 Å². The number of pyridine rings is 1. The maximum atomic E-state index is 13.4. The van der Waals surface area contributed by atoms with Gasteiger partial charge in [-0.15, -0.1) is 12.4 Å². The maximum absolute atomic E-state index is 13.4. The van der Waals surface area contributed by atoms with Crippen molar-refractivity contribution in [2.24, 2.45) is 11.7 Å². The highest BCUT2D eigenvalue weighted by atomic mass is 35.5. The van der Waals surface area contributed by atoms with E-state index in [-0.39, 0.29) is 52.9 Å². The first-order valence-electron chi connectivity index (χ1n) is 18.7. The third kappa shape index (κ3) is 11.0. The van der Waals surface area contributed by atoms with Crippen LogP contribution in [0.25, 0.3) is 0 Å². The zero-order valence-electron chi connectivity index (χ0n) is 30.9. The number of carbonyl (C=O) groups is 2. The van der Waals surface area contributed by atoms with Gasteiger partial charge in [0.1, 0.15) is 0 Å². The Hall–Kier alpha value is -4.44. The Balaban J connectivity index is 0.00000627. The quantitative estimate of drug-likeness (QED) is 0.0352. The molecule has 0 bridgehead atoms. The fourth-order valence-electron chi connectivity index (χ4n) is 7.81. The molecule has 0 spiro atoms. The van der Waals surface area contributed by atoms with Crippen molar-refractivity contribution in [3.05, 3.63) is 141 Å². The van der Waals surface area contributed by atoms with Crippen LogP contribution in [0.1, 0.15) is 109 Å². The summed E-state index contributed by atoms with van der Waals surface area (Å²) in [5, 5.41) is 11.6. The molecule has 1 saturated heterocycles. The lowest BCUT2D eigenvalue weighted by molar-refractivity contribution is -0.384. The van der Waals surface area contributed by atoms with Gasteiger partial charge in [0, 0.05) is 35.5 Å². The van der Waals surface area contributed by atoms with Gasteiger partial charge in [0.25, 0.3) is 5.69 Å². The van der Waals surface area contributed by atoms with Crippen LogP contribution in [0.15, 0.2) is 103 Å². The maximum Gasteiger partial charge on any atom is 0.339 e. The van der Waals surface area contributed by atoms with Crippen LogP contribution in [0, 0.1) is 16.0 Å². The molecule has 282 valence electrons. The largest absolute Gasteiger partial charge is 0.462 e. The van der Waals surface area contributed by atoms with E-state index in [1.165, 1.54) is 35.7 Å². The molecule has 9 nitrogen and oxygen atoms in total. The van der Waals surface area contributed by atoms with Gasteiger partial charge in [-0.25, -0.2) is 4.79 Å². The topological polar surface area (TPSA) is 129 Å². The number of esters is 1. The highest BCUT2D eigenvalue weighted by molar-refractivity contribution is 6.01. The lowest BCUT2D eigenvalue weighted by atomic mass is 9.68. The predicted octanol–water partition coefficient (Wildman–Crippen LogP) is 8.94.